The van der Waals surface area contributed by atoms with Crippen LogP contribution in [0.2, 0.25) is 0 Å². The van der Waals surface area contributed by atoms with E-state index in [1.807, 2.05) is 16.8 Å². The Hall–Kier alpha value is -1.88. The van der Waals surface area contributed by atoms with Crippen LogP contribution in [0.4, 0.5) is 10.3 Å². The zero-order valence-electron chi connectivity index (χ0n) is 11.0. The molecular weight excluding hydrogens is 245 g/mol. The van der Waals surface area contributed by atoms with Crippen LogP contribution in [0.25, 0.3) is 0 Å². The molecule has 0 spiro atoms. The van der Waals surface area contributed by atoms with Crippen LogP contribution in [-0.2, 0) is 17.8 Å². The largest absolute Gasteiger partial charge is 0.385 e. The third-order valence-corrected chi connectivity index (χ3v) is 2.80. The van der Waals surface area contributed by atoms with Crippen molar-refractivity contribution in [3.8, 4) is 0 Å². The Morgan fingerprint density at radius 3 is 3.11 bits per heavy atom. The SMILES string of the molecule is COCCCn1ccnc1NCc1cccc(F)c1. The van der Waals surface area contributed by atoms with Gasteiger partial charge in [0.25, 0.3) is 0 Å². The van der Waals surface area contributed by atoms with Crippen molar-refractivity contribution in [3.05, 3.63) is 48.0 Å². The van der Waals surface area contributed by atoms with Crippen molar-refractivity contribution in [3.63, 3.8) is 0 Å². The monoisotopic (exact) mass is 263 g/mol. The summed E-state index contributed by atoms with van der Waals surface area (Å²) < 4.78 is 20.1. The predicted octanol–water partition coefficient (Wildman–Crippen LogP) is 2.67. The van der Waals surface area contributed by atoms with Crippen LogP contribution in [0.5, 0.6) is 0 Å². The highest BCUT2D eigenvalue weighted by atomic mass is 19.1. The third-order valence-electron chi connectivity index (χ3n) is 2.80. The Labute approximate surface area is 112 Å². The van der Waals surface area contributed by atoms with Crippen LogP contribution in [0.1, 0.15) is 12.0 Å². The first-order chi connectivity index (χ1) is 9.29. The van der Waals surface area contributed by atoms with Gasteiger partial charge in [0.05, 0.1) is 0 Å². The van der Waals surface area contributed by atoms with Gasteiger partial charge in [0.15, 0.2) is 0 Å². The lowest BCUT2D eigenvalue weighted by atomic mass is 10.2. The van der Waals surface area contributed by atoms with Crippen molar-refractivity contribution in [1.29, 1.82) is 0 Å². The molecule has 1 aromatic heterocycles. The molecule has 0 aliphatic rings. The van der Waals surface area contributed by atoms with Crippen molar-refractivity contribution in [2.24, 2.45) is 0 Å². The highest BCUT2D eigenvalue weighted by Gasteiger charge is 2.02. The molecule has 5 heteroatoms. The van der Waals surface area contributed by atoms with Gasteiger partial charge in [-0.25, -0.2) is 9.37 Å². The second kappa shape index (κ2) is 6.89. The molecule has 0 saturated carbocycles. The summed E-state index contributed by atoms with van der Waals surface area (Å²) in [5, 5.41) is 3.21. The fraction of sp³-hybridized carbons (Fsp3) is 0.357. The van der Waals surface area contributed by atoms with Gasteiger partial charge in [-0.3, -0.25) is 0 Å². The van der Waals surface area contributed by atoms with E-state index in [0.717, 1.165) is 31.1 Å². The van der Waals surface area contributed by atoms with Crippen LogP contribution in [-0.4, -0.2) is 23.3 Å². The molecule has 0 amide bonds. The van der Waals surface area contributed by atoms with Gasteiger partial charge in [-0.2, -0.15) is 0 Å². The minimum absolute atomic E-state index is 0.220. The Kier molecular flexibility index (Phi) is 4.92. The van der Waals surface area contributed by atoms with Crippen molar-refractivity contribution in [1.82, 2.24) is 9.55 Å². The van der Waals surface area contributed by atoms with E-state index < -0.39 is 0 Å². The summed E-state index contributed by atoms with van der Waals surface area (Å²) >= 11 is 0. The molecule has 1 aromatic carbocycles. The van der Waals surface area contributed by atoms with Crippen LogP contribution < -0.4 is 5.32 Å². The van der Waals surface area contributed by atoms with Crippen molar-refractivity contribution < 1.29 is 9.13 Å². The highest BCUT2D eigenvalue weighted by Crippen LogP contribution is 2.09. The third kappa shape index (κ3) is 4.06. The second-order valence-electron chi connectivity index (χ2n) is 4.27. The Balaban J connectivity index is 1.90. The molecule has 19 heavy (non-hydrogen) atoms. The molecule has 2 aromatic rings. The fourth-order valence-electron chi connectivity index (χ4n) is 1.86. The summed E-state index contributed by atoms with van der Waals surface area (Å²) in [7, 11) is 1.69. The number of rotatable bonds is 7. The zero-order chi connectivity index (χ0) is 13.5. The van der Waals surface area contributed by atoms with Gasteiger partial charge in [-0.1, -0.05) is 12.1 Å². The van der Waals surface area contributed by atoms with Crippen molar-refractivity contribution in [2.45, 2.75) is 19.5 Å². The molecule has 1 N–H and O–H groups in total. The number of nitrogens with one attached hydrogen (secondary N) is 1. The molecule has 0 radical (unpaired) electrons. The maximum Gasteiger partial charge on any atom is 0.203 e. The number of methoxy groups -OCH3 is 1. The summed E-state index contributed by atoms with van der Waals surface area (Å²) in [6.07, 6.45) is 4.60. The minimum atomic E-state index is -0.220. The Morgan fingerprint density at radius 1 is 1.42 bits per heavy atom. The summed E-state index contributed by atoms with van der Waals surface area (Å²) in [4.78, 5) is 4.25. The molecule has 102 valence electrons. The van der Waals surface area contributed by atoms with Crippen LogP contribution >= 0.6 is 0 Å². The van der Waals surface area contributed by atoms with E-state index in [0.29, 0.717) is 6.54 Å². The van der Waals surface area contributed by atoms with Gasteiger partial charge < -0.3 is 14.6 Å². The first-order valence-electron chi connectivity index (χ1n) is 6.28. The first-order valence-corrected chi connectivity index (χ1v) is 6.28. The average Bonchev–Trinajstić information content (AvgIpc) is 2.84. The van der Waals surface area contributed by atoms with Crippen LogP contribution in [0.3, 0.4) is 0 Å². The standard InChI is InChI=1S/C14H18FN3O/c1-19-9-3-7-18-8-6-16-14(18)17-11-12-4-2-5-13(15)10-12/h2,4-6,8,10H,3,7,9,11H2,1H3,(H,16,17). The fourth-order valence-corrected chi connectivity index (χ4v) is 1.86. The van der Waals surface area contributed by atoms with E-state index in [2.05, 4.69) is 10.3 Å². The van der Waals surface area contributed by atoms with Gasteiger partial charge in [-0.05, 0) is 24.1 Å². The number of nitrogens with zero attached hydrogens (tertiary/aromatic N) is 2. The summed E-state index contributed by atoms with van der Waals surface area (Å²) in [6.45, 7) is 2.12. The number of aromatic nitrogens is 2. The van der Waals surface area contributed by atoms with Gasteiger partial charge in [-0.15, -0.1) is 0 Å². The van der Waals surface area contributed by atoms with Gasteiger partial charge in [0.2, 0.25) is 5.95 Å². The normalized spacial score (nSPS) is 10.6. The van der Waals surface area contributed by atoms with E-state index in [-0.39, 0.29) is 5.82 Å². The average molecular weight is 263 g/mol. The molecule has 0 aliphatic heterocycles. The molecule has 0 atom stereocenters. The number of halogens is 1. The number of anilines is 1. The molecule has 4 nitrogen and oxygen atoms in total. The first kappa shape index (κ1) is 13.5. The lowest BCUT2D eigenvalue weighted by Gasteiger charge is -2.09. The topological polar surface area (TPSA) is 39.1 Å². The number of imidazole rings is 1. The van der Waals surface area contributed by atoms with Gasteiger partial charge >= 0.3 is 0 Å². The molecule has 0 unspecified atom stereocenters. The number of aryl methyl sites for hydroxylation is 1. The lowest BCUT2D eigenvalue weighted by Crippen LogP contribution is -2.08. The number of benzene rings is 1. The van der Waals surface area contributed by atoms with E-state index in [1.165, 1.54) is 12.1 Å². The van der Waals surface area contributed by atoms with Gasteiger partial charge in [0, 0.05) is 39.2 Å². The smallest absolute Gasteiger partial charge is 0.203 e. The molecule has 0 bridgehead atoms. The van der Waals surface area contributed by atoms with E-state index >= 15 is 0 Å². The maximum absolute atomic E-state index is 13.1. The predicted molar refractivity (Wildman–Crippen MR) is 72.4 cm³/mol. The quantitative estimate of drug-likeness (QED) is 0.781. The summed E-state index contributed by atoms with van der Waals surface area (Å²) in [6, 6.07) is 6.55. The molecule has 1 heterocycles. The van der Waals surface area contributed by atoms with E-state index in [1.54, 1.807) is 19.4 Å². The summed E-state index contributed by atoms with van der Waals surface area (Å²) in [5.74, 6) is 0.572. The number of ether oxygens (including phenoxy) is 1. The number of hydrogen-bond donors (Lipinski definition) is 1. The van der Waals surface area contributed by atoms with Gasteiger partial charge in [0.1, 0.15) is 5.82 Å². The molecular formula is C14H18FN3O. The van der Waals surface area contributed by atoms with E-state index in [9.17, 15) is 4.39 Å². The molecule has 2 rings (SSSR count). The molecule has 0 saturated heterocycles. The number of hydrogen-bond acceptors (Lipinski definition) is 3. The Bertz CT molecular complexity index is 513. The Morgan fingerprint density at radius 2 is 2.32 bits per heavy atom. The van der Waals surface area contributed by atoms with Crippen molar-refractivity contribution in [2.75, 3.05) is 19.0 Å². The highest BCUT2D eigenvalue weighted by molar-refractivity contribution is 5.29. The molecule has 0 aliphatic carbocycles. The zero-order valence-corrected chi connectivity index (χ0v) is 11.0. The minimum Gasteiger partial charge on any atom is -0.385 e. The molecule has 0 fully saturated rings. The van der Waals surface area contributed by atoms with Crippen LogP contribution in [0, 0.1) is 5.82 Å². The van der Waals surface area contributed by atoms with Crippen molar-refractivity contribution >= 4 is 5.95 Å². The maximum atomic E-state index is 13.1. The summed E-state index contributed by atoms with van der Waals surface area (Å²) in [5.41, 5.74) is 0.895. The second-order valence-corrected chi connectivity index (χ2v) is 4.27. The lowest BCUT2D eigenvalue weighted by molar-refractivity contribution is 0.190. The van der Waals surface area contributed by atoms with Crippen LogP contribution in [0.15, 0.2) is 36.7 Å². The van der Waals surface area contributed by atoms with E-state index in [4.69, 9.17) is 4.74 Å².